The summed E-state index contributed by atoms with van der Waals surface area (Å²) in [4.78, 5) is 16.0. The van der Waals surface area contributed by atoms with Crippen LogP contribution in [0.2, 0.25) is 0 Å². The van der Waals surface area contributed by atoms with E-state index in [0.29, 0.717) is 6.61 Å². The molecular formula is C14H26N2O3. The number of carboxylic acid groups (broad SMARTS) is 1. The van der Waals surface area contributed by atoms with Gasteiger partial charge in [-0.2, -0.15) is 0 Å². The highest BCUT2D eigenvalue weighted by Gasteiger charge is 2.46. The fraction of sp³-hybridized carbons (Fsp3) is 0.929. The molecule has 2 rings (SSSR count). The van der Waals surface area contributed by atoms with Crippen LogP contribution in [0.3, 0.4) is 0 Å². The molecule has 2 heterocycles. The van der Waals surface area contributed by atoms with Crippen LogP contribution in [0, 0.1) is 0 Å². The average Bonchev–Trinajstić information content (AvgIpc) is 2.27. The summed E-state index contributed by atoms with van der Waals surface area (Å²) in [5.74, 6) is -0.698. The molecule has 2 aliphatic heterocycles. The maximum absolute atomic E-state index is 11.3. The number of carboxylic acids is 1. The molecule has 5 nitrogen and oxygen atoms in total. The first kappa shape index (κ1) is 14.8. The Morgan fingerprint density at radius 1 is 1.26 bits per heavy atom. The van der Waals surface area contributed by atoms with Gasteiger partial charge in [0.1, 0.15) is 0 Å². The van der Waals surface area contributed by atoms with Crippen molar-refractivity contribution in [3.8, 4) is 0 Å². The molecule has 1 atom stereocenters. The minimum atomic E-state index is -0.698. The van der Waals surface area contributed by atoms with Crippen molar-refractivity contribution >= 4 is 5.97 Å². The minimum Gasteiger partial charge on any atom is -0.481 e. The van der Waals surface area contributed by atoms with Crippen molar-refractivity contribution in [3.63, 3.8) is 0 Å². The molecule has 0 bridgehead atoms. The van der Waals surface area contributed by atoms with E-state index >= 15 is 0 Å². The summed E-state index contributed by atoms with van der Waals surface area (Å²) in [6.07, 6.45) is 1.85. The van der Waals surface area contributed by atoms with E-state index in [1.165, 1.54) is 0 Å². The van der Waals surface area contributed by atoms with Crippen molar-refractivity contribution < 1.29 is 14.6 Å². The highest BCUT2D eigenvalue weighted by molar-refractivity contribution is 5.68. The van der Waals surface area contributed by atoms with Crippen molar-refractivity contribution in [2.75, 3.05) is 39.8 Å². The van der Waals surface area contributed by atoms with Gasteiger partial charge in [-0.15, -0.1) is 0 Å². The number of rotatable bonds is 3. The van der Waals surface area contributed by atoms with Crippen LogP contribution in [-0.2, 0) is 9.53 Å². The zero-order valence-electron chi connectivity index (χ0n) is 12.3. The fourth-order valence-electron chi connectivity index (χ4n) is 3.54. The lowest BCUT2D eigenvalue weighted by atomic mass is 9.77. The summed E-state index contributed by atoms with van der Waals surface area (Å²) >= 11 is 0. The summed E-state index contributed by atoms with van der Waals surface area (Å²) in [6.45, 7) is 8.75. The van der Waals surface area contributed by atoms with Crippen molar-refractivity contribution in [2.45, 2.75) is 44.2 Å². The van der Waals surface area contributed by atoms with E-state index in [9.17, 15) is 9.90 Å². The molecule has 0 aromatic carbocycles. The highest BCUT2D eigenvalue weighted by Crippen LogP contribution is 2.39. The van der Waals surface area contributed by atoms with Gasteiger partial charge >= 0.3 is 5.97 Å². The van der Waals surface area contributed by atoms with Crippen molar-refractivity contribution in [1.82, 2.24) is 9.80 Å². The van der Waals surface area contributed by atoms with Crippen LogP contribution in [0.4, 0.5) is 0 Å². The van der Waals surface area contributed by atoms with E-state index < -0.39 is 5.97 Å². The molecule has 0 spiro atoms. The van der Waals surface area contributed by atoms with Crippen LogP contribution >= 0.6 is 0 Å². The zero-order valence-corrected chi connectivity index (χ0v) is 12.3. The van der Waals surface area contributed by atoms with Crippen molar-refractivity contribution in [2.24, 2.45) is 0 Å². The number of ether oxygens (including phenoxy) is 1. The van der Waals surface area contributed by atoms with Gasteiger partial charge in [0, 0.05) is 38.3 Å². The number of nitrogens with zero attached hydrogens (tertiary/aromatic N) is 2. The van der Waals surface area contributed by atoms with E-state index in [2.05, 4.69) is 30.7 Å². The van der Waals surface area contributed by atoms with E-state index in [-0.39, 0.29) is 17.6 Å². The molecule has 2 aliphatic rings. The lowest BCUT2D eigenvalue weighted by molar-refractivity contribution is -0.154. The second-order valence-electron chi connectivity index (χ2n) is 6.62. The molecule has 5 heteroatoms. The zero-order chi connectivity index (χ0) is 14.1. The third-order valence-corrected chi connectivity index (χ3v) is 4.47. The Bertz CT molecular complexity index is 338. The quantitative estimate of drug-likeness (QED) is 0.830. The molecule has 0 aromatic rings. The van der Waals surface area contributed by atoms with E-state index in [1.807, 2.05) is 0 Å². The van der Waals surface area contributed by atoms with Gasteiger partial charge in [0.15, 0.2) is 0 Å². The number of carbonyl (C=O) groups is 1. The lowest BCUT2D eigenvalue weighted by Crippen LogP contribution is -2.61. The Kier molecular flexibility index (Phi) is 4.18. The third kappa shape index (κ3) is 3.46. The molecule has 110 valence electrons. The average molecular weight is 270 g/mol. The Hall–Kier alpha value is -0.650. The smallest absolute Gasteiger partial charge is 0.305 e. The first-order valence-electron chi connectivity index (χ1n) is 7.12. The number of likely N-dealkylation sites (N-methyl/N-ethyl adjacent to an activating group) is 1. The van der Waals surface area contributed by atoms with Crippen molar-refractivity contribution in [1.29, 1.82) is 0 Å². The Morgan fingerprint density at radius 2 is 1.89 bits per heavy atom. The molecule has 2 fully saturated rings. The molecule has 0 radical (unpaired) electrons. The monoisotopic (exact) mass is 270 g/mol. The van der Waals surface area contributed by atoms with Crippen LogP contribution in [0.25, 0.3) is 0 Å². The van der Waals surface area contributed by atoms with E-state index in [4.69, 9.17) is 4.74 Å². The molecule has 0 aliphatic carbocycles. The third-order valence-electron chi connectivity index (χ3n) is 4.47. The first-order valence-corrected chi connectivity index (χ1v) is 7.12. The molecule has 0 saturated carbocycles. The Labute approximate surface area is 115 Å². The summed E-state index contributed by atoms with van der Waals surface area (Å²) in [7, 11) is 2.12. The first-order chi connectivity index (χ1) is 8.83. The molecule has 0 amide bonds. The number of hydrogen-bond donors (Lipinski definition) is 1. The van der Waals surface area contributed by atoms with Crippen LogP contribution in [0.1, 0.15) is 33.1 Å². The molecule has 1 unspecified atom stereocenters. The van der Waals surface area contributed by atoms with E-state index in [1.54, 1.807) is 0 Å². The van der Waals surface area contributed by atoms with Gasteiger partial charge in [-0.25, -0.2) is 0 Å². The summed E-state index contributed by atoms with van der Waals surface area (Å²) < 4.78 is 5.78. The number of aliphatic carboxylic acids is 1. The fourth-order valence-corrected chi connectivity index (χ4v) is 3.54. The van der Waals surface area contributed by atoms with Gasteiger partial charge in [-0.05, 0) is 33.7 Å². The van der Waals surface area contributed by atoms with Gasteiger partial charge in [0.25, 0.3) is 0 Å². The molecule has 1 N–H and O–H groups in total. The van der Waals surface area contributed by atoms with Gasteiger partial charge in [-0.1, -0.05) is 0 Å². The summed E-state index contributed by atoms with van der Waals surface area (Å²) in [5.41, 5.74) is -0.452. The maximum Gasteiger partial charge on any atom is 0.305 e. The standard InChI is InChI=1S/C14H26N2O3/c1-13(2)11-14(4-9-19-13,10-12(17)18)16-7-5-15(3)6-8-16/h4-11H2,1-3H3,(H,17,18). The predicted octanol–water partition coefficient (Wildman–Crippen LogP) is 1.04. The summed E-state index contributed by atoms with van der Waals surface area (Å²) in [5, 5.41) is 9.31. The highest BCUT2D eigenvalue weighted by atomic mass is 16.5. The molecule has 0 aromatic heterocycles. The SMILES string of the molecule is CN1CCN(C2(CC(=O)O)CCOC(C)(C)C2)CC1. The van der Waals surface area contributed by atoms with Gasteiger partial charge < -0.3 is 14.7 Å². The topological polar surface area (TPSA) is 53.0 Å². The maximum atomic E-state index is 11.3. The predicted molar refractivity (Wildman–Crippen MR) is 73.3 cm³/mol. The molecule has 2 saturated heterocycles. The van der Waals surface area contributed by atoms with Gasteiger partial charge in [0.2, 0.25) is 0 Å². The molecular weight excluding hydrogens is 244 g/mol. The number of hydrogen-bond acceptors (Lipinski definition) is 4. The van der Waals surface area contributed by atoms with Crippen LogP contribution < -0.4 is 0 Å². The van der Waals surface area contributed by atoms with Gasteiger partial charge in [-0.3, -0.25) is 9.69 Å². The minimum absolute atomic E-state index is 0.225. The second-order valence-corrected chi connectivity index (χ2v) is 6.62. The van der Waals surface area contributed by atoms with Gasteiger partial charge in [0.05, 0.1) is 12.0 Å². The van der Waals surface area contributed by atoms with Crippen molar-refractivity contribution in [3.05, 3.63) is 0 Å². The lowest BCUT2D eigenvalue weighted by Gasteiger charge is -2.52. The largest absolute Gasteiger partial charge is 0.481 e. The Morgan fingerprint density at radius 3 is 2.42 bits per heavy atom. The normalized spacial score (nSPS) is 33.2. The van der Waals surface area contributed by atoms with Crippen LogP contribution in [0.15, 0.2) is 0 Å². The molecule has 19 heavy (non-hydrogen) atoms. The van der Waals surface area contributed by atoms with Crippen LogP contribution in [-0.4, -0.2) is 71.8 Å². The second kappa shape index (κ2) is 5.38. The van der Waals surface area contributed by atoms with E-state index in [0.717, 1.165) is 39.0 Å². The van der Waals surface area contributed by atoms with Crippen LogP contribution in [0.5, 0.6) is 0 Å². The number of piperazine rings is 1. The summed E-state index contributed by atoms with van der Waals surface area (Å²) in [6, 6.07) is 0. The Balaban J connectivity index is 2.16.